The maximum Gasteiger partial charge on any atom is 0.245 e. The first-order valence-corrected chi connectivity index (χ1v) is 8.06. The first-order chi connectivity index (χ1) is 9.46. The van der Waals surface area contributed by atoms with Crippen molar-refractivity contribution in [1.82, 2.24) is 4.31 Å². The molecule has 0 radical (unpaired) electrons. The Morgan fingerprint density at radius 1 is 1.40 bits per heavy atom. The second kappa shape index (κ2) is 6.07. The minimum absolute atomic E-state index is 0.0938. The first-order valence-electron chi connectivity index (χ1n) is 6.62. The molecule has 1 heterocycles. The van der Waals surface area contributed by atoms with Crippen LogP contribution in [0.15, 0.2) is 23.1 Å². The summed E-state index contributed by atoms with van der Waals surface area (Å²) in [5.74, 6) is -0.713. The van der Waals surface area contributed by atoms with Crippen LogP contribution in [0.25, 0.3) is 0 Å². The van der Waals surface area contributed by atoms with Crippen LogP contribution in [0.3, 0.4) is 0 Å². The summed E-state index contributed by atoms with van der Waals surface area (Å²) in [5, 5.41) is 0. The highest BCUT2D eigenvalue weighted by Gasteiger charge is 2.31. The Bertz CT molecular complexity index is 569. The van der Waals surface area contributed by atoms with Crippen LogP contribution in [-0.4, -0.2) is 38.5 Å². The van der Waals surface area contributed by atoms with Gasteiger partial charge in [0.2, 0.25) is 10.0 Å². The number of ether oxygens (including phenoxy) is 1. The minimum Gasteiger partial charge on any atom is -0.395 e. The largest absolute Gasteiger partial charge is 0.395 e. The van der Waals surface area contributed by atoms with Crippen molar-refractivity contribution in [2.45, 2.75) is 30.8 Å². The van der Waals surface area contributed by atoms with Gasteiger partial charge in [-0.2, -0.15) is 4.31 Å². The Morgan fingerprint density at radius 2 is 2.05 bits per heavy atom. The van der Waals surface area contributed by atoms with Crippen molar-refractivity contribution in [2.75, 3.05) is 25.4 Å². The van der Waals surface area contributed by atoms with Crippen LogP contribution in [0.5, 0.6) is 0 Å². The fraction of sp³-hybridized carbons (Fsp3) is 0.538. The SMILES string of the molecule is CCOC1CCN(S(=O)(=O)c2cccc(F)c2N)CC1. The molecule has 20 heavy (non-hydrogen) atoms. The monoisotopic (exact) mass is 302 g/mol. The lowest BCUT2D eigenvalue weighted by molar-refractivity contribution is 0.0290. The molecule has 5 nitrogen and oxygen atoms in total. The highest BCUT2D eigenvalue weighted by molar-refractivity contribution is 7.89. The lowest BCUT2D eigenvalue weighted by Gasteiger charge is -2.31. The van der Waals surface area contributed by atoms with Crippen LogP contribution in [0.2, 0.25) is 0 Å². The number of hydrogen-bond donors (Lipinski definition) is 1. The van der Waals surface area contributed by atoms with E-state index >= 15 is 0 Å². The zero-order chi connectivity index (χ0) is 14.8. The summed E-state index contributed by atoms with van der Waals surface area (Å²) in [5.41, 5.74) is 5.22. The smallest absolute Gasteiger partial charge is 0.245 e. The normalized spacial score (nSPS) is 18.3. The van der Waals surface area contributed by atoms with Gasteiger partial charge in [-0.1, -0.05) is 6.07 Å². The molecule has 0 saturated carbocycles. The van der Waals surface area contributed by atoms with Gasteiger partial charge in [-0.15, -0.1) is 0 Å². The van der Waals surface area contributed by atoms with E-state index in [9.17, 15) is 12.8 Å². The maximum absolute atomic E-state index is 13.4. The van der Waals surface area contributed by atoms with Gasteiger partial charge in [0.1, 0.15) is 10.7 Å². The van der Waals surface area contributed by atoms with Crippen LogP contribution < -0.4 is 5.73 Å². The van der Waals surface area contributed by atoms with E-state index in [1.54, 1.807) is 0 Å². The summed E-state index contributed by atoms with van der Waals surface area (Å²) in [6, 6.07) is 3.84. The first kappa shape index (κ1) is 15.2. The van der Waals surface area contributed by atoms with Gasteiger partial charge < -0.3 is 10.5 Å². The Kier molecular flexibility index (Phi) is 4.62. The van der Waals surface area contributed by atoms with Gasteiger partial charge in [0.15, 0.2) is 0 Å². The number of rotatable bonds is 4. The van der Waals surface area contributed by atoms with Gasteiger partial charge in [0.25, 0.3) is 0 Å². The topological polar surface area (TPSA) is 72.6 Å². The van der Waals surface area contributed by atoms with Crippen molar-refractivity contribution >= 4 is 15.7 Å². The third-order valence-electron chi connectivity index (χ3n) is 3.43. The third kappa shape index (κ3) is 2.94. The molecule has 0 spiro atoms. The lowest BCUT2D eigenvalue weighted by atomic mass is 10.1. The van der Waals surface area contributed by atoms with E-state index < -0.39 is 15.8 Å². The number of piperidine rings is 1. The Balaban J connectivity index is 2.18. The number of benzene rings is 1. The van der Waals surface area contributed by atoms with E-state index in [1.807, 2.05) is 6.92 Å². The molecule has 0 unspecified atom stereocenters. The molecule has 0 atom stereocenters. The van der Waals surface area contributed by atoms with E-state index in [2.05, 4.69) is 0 Å². The zero-order valence-electron chi connectivity index (χ0n) is 11.4. The molecular formula is C13H19FN2O3S. The number of sulfonamides is 1. The van der Waals surface area contributed by atoms with Crippen molar-refractivity contribution in [3.63, 3.8) is 0 Å². The summed E-state index contributed by atoms with van der Waals surface area (Å²) in [7, 11) is -3.74. The summed E-state index contributed by atoms with van der Waals surface area (Å²) in [6.07, 6.45) is 1.38. The maximum atomic E-state index is 13.4. The third-order valence-corrected chi connectivity index (χ3v) is 5.39. The number of nitrogens with two attached hydrogens (primary N) is 1. The molecule has 0 aromatic heterocycles. The van der Waals surface area contributed by atoms with Gasteiger partial charge in [-0.25, -0.2) is 12.8 Å². The highest BCUT2D eigenvalue weighted by atomic mass is 32.2. The van der Waals surface area contributed by atoms with Crippen LogP contribution in [0, 0.1) is 5.82 Å². The minimum atomic E-state index is -3.74. The summed E-state index contributed by atoms with van der Waals surface area (Å²) < 4.78 is 45.2. The van der Waals surface area contributed by atoms with Crippen molar-refractivity contribution < 1.29 is 17.5 Å². The molecule has 1 aliphatic heterocycles. The standard InChI is InChI=1S/C13H19FN2O3S/c1-2-19-10-6-8-16(9-7-10)20(17,18)12-5-3-4-11(14)13(12)15/h3-5,10H,2,6-9,15H2,1H3. The van der Waals surface area contributed by atoms with E-state index in [-0.39, 0.29) is 16.7 Å². The molecule has 1 aliphatic rings. The average molecular weight is 302 g/mol. The second-order valence-electron chi connectivity index (χ2n) is 4.71. The number of anilines is 1. The molecule has 2 N–H and O–H groups in total. The summed E-state index contributed by atoms with van der Waals surface area (Å²) in [6.45, 7) is 3.26. The van der Waals surface area contributed by atoms with Crippen LogP contribution >= 0.6 is 0 Å². The number of nitrogens with zero attached hydrogens (tertiary/aromatic N) is 1. The van der Waals surface area contributed by atoms with Gasteiger partial charge in [0, 0.05) is 19.7 Å². The Morgan fingerprint density at radius 3 is 2.65 bits per heavy atom. The predicted molar refractivity (Wildman–Crippen MR) is 74.2 cm³/mol. The van der Waals surface area contributed by atoms with Crippen molar-refractivity contribution in [1.29, 1.82) is 0 Å². The van der Waals surface area contributed by atoms with Crippen molar-refractivity contribution in [3.8, 4) is 0 Å². The van der Waals surface area contributed by atoms with Crippen LogP contribution in [0.1, 0.15) is 19.8 Å². The van der Waals surface area contributed by atoms with Gasteiger partial charge >= 0.3 is 0 Å². The van der Waals surface area contributed by atoms with Crippen molar-refractivity contribution in [3.05, 3.63) is 24.0 Å². The molecular weight excluding hydrogens is 283 g/mol. The highest BCUT2D eigenvalue weighted by Crippen LogP contribution is 2.27. The molecule has 112 valence electrons. The Hall–Kier alpha value is -1.18. The lowest BCUT2D eigenvalue weighted by Crippen LogP contribution is -2.41. The number of nitrogen functional groups attached to an aromatic ring is 1. The molecule has 1 saturated heterocycles. The van der Waals surface area contributed by atoms with E-state index in [0.29, 0.717) is 32.5 Å². The molecule has 2 rings (SSSR count). The van der Waals surface area contributed by atoms with E-state index in [0.717, 1.165) is 6.07 Å². The molecule has 1 aromatic carbocycles. The second-order valence-corrected chi connectivity index (χ2v) is 6.62. The molecule has 1 aromatic rings. The van der Waals surface area contributed by atoms with E-state index in [1.165, 1.54) is 16.4 Å². The number of para-hydroxylation sites is 1. The average Bonchev–Trinajstić information content (AvgIpc) is 2.42. The summed E-state index contributed by atoms with van der Waals surface area (Å²) >= 11 is 0. The quantitative estimate of drug-likeness (QED) is 0.857. The number of hydrogen-bond acceptors (Lipinski definition) is 4. The van der Waals surface area contributed by atoms with Gasteiger partial charge in [-0.05, 0) is 31.9 Å². The molecule has 0 aliphatic carbocycles. The van der Waals surface area contributed by atoms with Crippen LogP contribution in [-0.2, 0) is 14.8 Å². The number of halogens is 1. The molecule has 0 bridgehead atoms. The molecule has 1 fully saturated rings. The van der Waals surface area contributed by atoms with Crippen molar-refractivity contribution in [2.24, 2.45) is 0 Å². The van der Waals surface area contributed by atoms with Crippen LogP contribution in [0.4, 0.5) is 10.1 Å². The fourth-order valence-corrected chi connectivity index (χ4v) is 3.95. The Labute approximate surface area is 118 Å². The van der Waals surface area contributed by atoms with Gasteiger partial charge in [0.05, 0.1) is 11.8 Å². The fourth-order valence-electron chi connectivity index (χ4n) is 2.36. The van der Waals surface area contributed by atoms with Gasteiger partial charge in [-0.3, -0.25) is 0 Å². The zero-order valence-corrected chi connectivity index (χ0v) is 12.2. The summed E-state index contributed by atoms with van der Waals surface area (Å²) in [4.78, 5) is -0.160. The van der Waals surface area contributed by atoms with E-state index in [4.69, 9.17) is 10.5 Å². The predicted octanol–water partition coefficient (Wildman–Crippen LogP) is 1.60. The molecule has 7 heteroatoms. The molecule has 0 amide bonds.